The highest BCUT2D eigenvalue weighted by molar-refractivity contribution is 7.14. The molecule has 0 saturated heterocycles. The number of benzene rings is 1. The molecular formula is C18H24N4O2S. The van der Waals surface area contributed by atoms with Crippen LogP contribution in [-0.2, 0) is 9.59 Å². The van der Waals surface area contributed by atoms with Crippen LogP contribution in [-0.4, -0.2) is 29.4 Å². The van der Waals surface area contributed by atoms with Gasteiger partial charge < -0.3 is 16.4 Å². The molecule has 7 heteroatoms. The average Bonchev–Trinajstić information content (AvgIpc) is 2.99. The minimum absolute atomic E-state index is 0.0160. The summed E-state index contributed by atoms with van der Waals surface area (Å²) in [5.41, 5.74) is 9.93. The van der Waals surface area contributed by atoms with E-state index in [0.717, 1.165) is 16.8 Å². The zero-order valence-electron chi connectivity index (χ0n) is 14.9. The number of hydrogen-bond acceptors (Lipinski definition) is 5. The highest BCUT2D eigenvalue weighted by Crippen LogP contribution is 2.27. The first-order chi connectivity index (χ1) is 11.8. The molecule has 6 nitrogen and oxygen atoms in total. The van der Waals surface area contributed by atoms with Gasteiger partial charge in [0.1, 0.15) is 0 Å². The highest BCUT2D eigenvalue weighted by atomic mass is 32.1. The van der Waals surface area contributed by atoms with Crippen LogP contribution in [0, 0.1) is 19.8 Å². The Bertz CT molecular complexity index is 770. The van der Waals surface area contributed by atoms with Crippen molar-refractivity contribution in [3.8, 4) is 11.3 Å². The van der Waals surface area contributed by atoms with Crippen LogP contribution in [0.25, 0.3) is 11.3 Å². The summed E-state index contributed by atoms with van der Waals surface area (Å²) in [6, 6.07) is 5.54. The lowest BCUT2D eigenvalue weighted by atomic mass is 10.0. The van der Waals surface area contributed by atoms with Gasteiger partial charge in [-0.15, -0.1) is 11.3 Å². The van der Waals surface area contributed by atoms with Crippen molar-refractivity contribution in [3.63, 3.8) is 0 Å². The molecule has 0 bridgehead atoms. The molecule has 1 aromatic heterocycles. The first-order valence-corrected chi connectivity index (χ1v) is 9.02. The third-order valence-corrected chi connectivity index (χ3v) is 4.61. The lowest BCUT2D eigenvalue weighted by Gasteiger charge is -2.14. The van der Waals surface area contributed by atoms with E-state index in [1.807, 2.05) is 45.2 Å². The van der Waals surface area contributed by atoms with E-state index in [1.54, 1.807) is 0 Å². The van der Waals surface area contributed by atoms with Gasteiger partial charge in [-0.3, -0.25) is 9.59 Å². The number of carbonyl (C=O) groups is 2. The molecule has 0 fully saturated rings. The number of nitrogens with one attached hydrogen (secondary N) is 2. The Hall–Kier alpha value is -2.25. The zero-order chi connectivity index (χ0) is 18.6. The molecule has 0 aliphatic carbocycles. The van der Waals surface area contributed by atoms with Crippen molar-refractivity contribution >= 4 is 28.3 Å². The number of carbonyl (C=O) groups excluding carboxylic acids is 2. The molecule has 4 N–H and O–H groups in total. The summed E-state index contributed by atoms with van der Waals surface area (Å²) in [5, 5.41) is 7.64. The van der Waals surface area contributed by atoms with Gasteiger partial charge >= 0.3 is 0 Å². The van der Waals surface area contributed by atoms with E-state index in [4.69, 9.17) is 5.73 Å². The lowest BCUT2D eigenvalue weighted by Crippen LogP contribution is -2.46. The van der Waals surface area contributed by atoms with Crippen molar-refractivity contribution in [3.05, 3.63) is 34.7 Å². The first-order valence-electron chi connectivity index (χ1n) is 8.14. The van der Waals surface area contributed by atoms with Crippen LogP contribution in [0.3, 0.4) is 0 Å². The minimum atomic E-state index is -0.622. The number of nitrogens with two attached hydrogens (primary N) is 1. The van der Waals surface area contributed by atoms with E-state index >= 15 is 0 Å². The molecule has 1 aromatic carbocycles. The second-order valence-electron chi connectivity index (χ2n) is 6.39. The van der Waals surface area contributed by atoms with Crippen LogP contribution in [0.2, 0.25) is 0 Å². The zero-order valence-corrected chi connectivity index (χ0v) is 15.7. The molecule has 1 heterocycles. The Morgan fingerprint density at radius 3 is 2.64 bits per heavy atom. The van der Waals surface area contributed by atoms with Gasteiger partial charge in [-0.2, -0.15) is 0 Å². The van der Waals surface area contributed by atoms with Crippen LogP contribution < -0.4 is 16.4 Å². The SMILES string of the molecule is Cc1ccc(-c2csc(NC(=O)CNC(=O)[C@@H](N)C(C)C)n2)c(C)c1. The predicted octanol–water partition coefficient (Wildman–Crippen LogP) is 2.46. The molecule has 0 aliphatic heterocycles. The van der Waals surface area contributed by atoms with E-state index < -0.39 is 6.04 Å². The van der Waals surface area contributed by atoms with E-state index in [0.29, 0.717) is 5.13 Å². The van der Waals surface area contributed by atoms with Crippen LogP contribution in [0.15, 0.2) is 23.6 Å². The third kappa shape index (κ3) is 5.11. The Morgan fingerprint density at radius 2 is 2.00 bits per heavy atom. The summed E-state index contributed by atoms with van der Waals surface area (Å²) < 4.78 is 0. The smallest absolute Gasteiger partial charge is 0.245 e. The maximum Gasteiger partial charge on any atom is 0.245 e. The molecule has 0 saturated carbocycles. The molecule has 0 aliphatic rings. The number of rotatable bonds is 6. The summed E-state index contributed by atoms with van der Waals surface area (Å²) in [6.45, 7) is 7.66. The van der Waals surface area contributed by atoms with Gasteiger partial charge in [0.15, 0.2) is 5.13 Å². The van der Waals surface area contributed by atoms with Gasteiger partial charge in [0.05, 0.1) is 18.3 Å². The number of aromatic nitrogens is 1. The quantitative estimate of drug-likeness (QED) is 0.737. The maximum absolute atomic E-state index is 12.0. The highest BCUT2D eigenvalue weighted by Gasteiger charge is 2.18. The summed E-state index contributed by atoms with van der Waals surface area (Å²) in [4.78, 5) is 28.2. The van der Waals surface area contributed by atoms with Crippen molar-refractivity contribution in [2.24, 2.45) is 11.7 Å². The molecule has 2 aromatic rings. The topological polar surface area (TPSA) is 97.1 Å². The fourth-order valence-electron chi connectivity index (χ4n) is 2.31. The van der Waals surface area contributed by atoms with Gasteiger partial charge in [-0.1, -0.05) is 37.6 Å². The van der Waals surface area contributed by atoms with E-state index in [2.05, 4.69) is 21.7 Å². The monoisotopic (exact) mass is 360 g/mol. The fourth-order valence-corrected chi connectivity index (χ4v) is 3.03. The van der Waals surface area contributed by atoms with E-state index in [-0.39, 0.29) is 24.3 Å². The van der Waals surface area contributed by atoms with Crippen molar-refractivity contribution in [2.75, 3.05) is 11.9 Å². The van der Waals surface area contributed by atoms with Crippen LogP contribution in [0.5, 0.6) is 0 Å². The third-order valence-electron chi connectivity index (χ3n) is 3.85. The Balaban J connectivity index is 1.94. The maximum atomic E-state index is 12.0. The number of anilines is 1. The Kier molecular flexibility index (Phi) is 6.27. The molecule has 25 heavy (non-hydrogen) atoms. The second kappa shape index (κ2) is 8.22. The second-order valence-corrected chi connectivity index (χ2v) is 7.25. The van der Waals surface area contributed by atoms with Gasteiger partial charge in [0, 0.05) is 10.9 Å². The molecule has 0 spiro atoms. The Morgan fingerprint density at radius 1 is 1.28 bits per heavy atom. The number of aryl methyl sites for hydroxylation is 2. The molecular weight excluding hydrogens is 336 g/mol. The number of amides is 2. The Labute approximate surface area is 151 Å². The predicted molar refractivity (Wildman–Crippen MR) is 101 cm³/mol. The molecule has 2 amide bonds. The molecule has 134 valence electrons. The van der Waals surface area contributed by atoms with Gasteiger partial charge in [0.25, 0.3) is 0 Å². The van der Waals surface area contributed by atoms with Crippen molar-refractivity contribution in [1.82, 2.24) is 10.3 Å². The average molecular weight is 360 g/mol. The number of thiazole rings is 1. The minimum Gasteiger partial charge on any atom is -0.346 e. The van der Waals surface area contributed by atoms with Gasteiger partial charge in [0.2, 0.25) is 11.8 Å². The molecule has 1 atom stereocenters. The van der Waals surface area contributed by atoms with Crippen molar-refractivity contribution in [2.45, 2.75) is 33.7 Å². The number of nitrogens with zero attached hydrogens (tertiary/aromatic N) is 1. The van der Waals surface area contributed by atoms with Crippen LogP contribution in [0.4, 0.5) is 5.13 Å². The van der Waals surface area contributed by atoms with Gasteiger partial charge in [-0.25, -0.2) is 4.98 Å². The van der Waals surface area contributed by atoms with Crippen molar-refractivity contribution < 1.29 is 9.59 Å². The fraction of sp³-hybridized carbons (Fsp3) is 0.389. The van der Waals surface area contributed by atoms with Crippen LogP contribution >= 0.6 is 11.3 Å². The van der Waals surface area contributed by atoms with E-state index in [1.165, 1.54) is 16.9 Å². The molecule has 0 radical (unpaired) electrons. The van der Waals surface area contributed by atoms with Gasteiger partial charge in [-0.05, 0) is 25.3 Å². The number of hydrogen-bond donors (Lipinski definition) is 3. The standard InChI is InChI=1S/C18H24N4O2S/c1-10(2)16(19)17(24)20-8-15(23)22-18-21-14(9-25-18)13-6-5-11(3)7-12(13)4/h5-7,9-10,16H,8,19H2,1-4H3,(H,20,24)(H,21,22,23)/t16-/m0/s1. The lowest BCUT2D eigenvalue weighted by molar-refractivity contribution is -0.125. The largest absolute Gasteiger partial charge is 0.346 e. The summed E-state index contributed by atoms with van der Waals surface area (Å²) in [5.74, 6) is -0.645. The van der Waals surface area contributed by atoms with Crippen LogP contribution in [0.1, 0.15) is 25.0 Å². The summed E-state index contributed by atoms with van der Waals surface area (Å²) in [6.07, 6.45) is 0. The molecule has 2 rings (SSSR count). The first kappa shape index (κ1) is 19.1. The summed E-state index contributed by atoms with van der Waals surface area (Å²) >= 11 is 1.35. The summed E-state index contributed by atoms with van der Waals surface area (Å²) in [7, 11) is 0. The van der Waals surface area contributed by atoms with E-state index in [9.17, 15) is 9.59 Å². The normalized spacial score (nSPS) is 12.1. The molecule has 0 unspecified atom stereocenters. The van der Waals surface area contributed by atoms with Crippen molar-refractivity contribution in [1.29, 1.82) is 0 Å².